The van der Waals surface area contributed by atoms with Crippen molar-refractivity contribution in [1.82, 2.24) is 4.90 Å². The van der Waals surface area contributed by atoms with Crippen molar-refractivity contribution in [2.75, 3.05) is 26.2 Å². The minimum atomic E-state index is -0.131. The maximum absolute atomic E-state index is 11.0. The Morgan fingerprint density at radius 1 is 1.25 bits per heavy atom. The molecule has 4 heteroatoms. The minimum Gasteiger partial charge on any atom is -0.377 e. The number of ether oxygens (including phenoxy) is 1. The van der Waals surface area contributed by atoms with Crippen molar-refractivity contribution in [3.05, 3.63) is 0 Å². The van der Waals surface area contributed by atoms with E-state index in [2.05, 4.69) is 4.90 Å². The molecule has 2 heterocycles. The van der Waals surface area contributed by atoms with Gasteiger partial charge < -0.3 is 15.4 Å². The van der Waals surface area contributed by atoms with E-state index in [9.17, 15) is 4.79 Å². The average molecular weight is 226 g/mol. The van der Waals surface area contributed by atoms with Crippen LogP contribution in [0, 0.1) is 5.92 Å². The molecule has 0 aromatic rings. The lowest BCUT2D eigenvalue weighted by Crippen LogP contribution is -2.43. The minimum absolute atomic E-state index is 0.100. The molecule has 2 aliphatic rings. The zero-order valence-electron chi connectivity index (χ0n) is 9.86. The maximum atomic E-state index is 11.0. The van der Waals surface area contributed by atoms with E-state index in [0.717, 1.165) is 39.1 Å². The molecule has 4 nitrogen and oxygen atoms in total. The summed E-state index contributed by atoms with van der Waals surface area (Å²) in [6.45, 7) is 3.94. The number of primary amides is 1. The Hall–Kier alpha value is -0.610. The van der Waals surface area contributed by atoms with Crippen LogP contribution in [0.1, 0.15) is 32.1 Å². The van der Waals surface area contributed by atoms with Gasteiger partial charge in [0, 0.05) is 19.1 Å². The smallest absolute Gasteiger partial charge is 0.220 e. The number of nitrogens with two attached hydrogens (primary N) is 1. The molecule has 0 aromatic heterocycles. The fourth-order valence-corrected chi connectivity index (χ4v) is 2.64. The van der Waals surface area contributed by atoms with Crippen molar-refractivity contribution in [3.8, 4) is 0 Å². The molecular formula is C12H22N2O2. The third-order valence-corrected chi connectivity index (χ3v) is 3.73. The summed E-state index contributed by atoms with van der Waals surface area (Å²) in [5.41, 5.74) is 5.31. The molecule has 0 saturated carbocycles. The summed E-state index contributed by atoms with van der Waals surface area (Å²) in [5, 5.41) is 0. The number of rotatable bonds is 3. The Bertz CT molecular complexity index is 231. The van der Waals surface area contributed by atoms with Crippen LogP contribution in [-0.2, 0) is 9.53 Å². The molecule has 2 rings (SSSR count). The number of hydrogen-bond donors (Lipinski definition) is 1. The summed E-state index contributed by atoms with van der Waals surface area (Å²) >= 11 is 0. The number of hydrogen-bond acceptors (Lipinski definition) is 3. The van der Waals surface area contributed by atoms with Gasteiger partial charge in [-0.2, -0.15) is 0 Å². The van der Waals surface area contributed by atoms with Gasteiger partial charge in [0.05, 0.1) is 6.10 Å². The molecular weight excluding hydrogens is 204 g/mol. The Balaban J connectivity index is 1.70. The van der Waals surface area contributed by atoms with Gasteiger partial charge >= 0.3 is 0 Å². The SMILES string of the molecule is NC(=O)C1CCN(C[C@H]2CCCCO2)CC1. The summed E-state index contributed by atoms with van der Waals surface area (Å²) in [7, 11) is 0. The van der Waals surface area contributed by atoms with Gasteiger partial charge in [0.15, 0.2) is 0 Å². The van der Waals surface area contributed by atoms with E-state index in [4.69, 9.17) is 10.5 Å². The molecule has 2 N–H and O–H groups in total. The van der Waals surface area contributed by atoms with E-state index < -0.39 is 0 Å². The molecule has 2 fully saturated rings. The van der Waals surface area contributed by atoms with Crippen LogP contribution in [-0.4, -0.2) is 43.2 Å². The summed E-state index contributed by atoms with van der Waals surface area (Å²) in [6, 6.07) is 0. The summed E-state index contributed by atoms with van der Waals surface area (Å²) in [6.07, 6.45) is 5.95. The van der Waals surface area contributed by atoms with E-state index in [1.165, 1.54) is 19.3 Å². The van der Waals surface area contributed by atoms with Gasteiger partial charge in [0.1, 0.15) is 0 Å². The van der Waals surface area contributed by atoms with Gasteiger partial charge in [-0.15, -0.1) is 0 Å². The third-order valence-electron chi connectivity index (χ3n) is 3.73. The predicted octanol–water partition coefficient (Wildman–Crippen LogP) is 0.753. The molecule has 2 saturated heterocycles. The number of carbonyl (C=O) groups is 1. The lowest BCUT2D eigenvalue weighted by atomic mass is 9.96. The number of amides is 1. The zero-order chi connectivity index (χ0) is 11.4. The summed E-state index contributed by atoms with van der Waals surface area (Å²) in [5.74, 6) is -0.0305. The number of nitrogens with zero attached hydrogens (tertiary/aromatic N) is 1. The highest BCUT2D eigenvalue weighted by atomic mass is 16.5. The molecule has 0 aliphatic carbocycles. The maximum Gasteiger partial charge on any atom is 0.220 e. The highest BCUT2D eigenvalue weighted by Gasteiger charge is 2.25. The van der Waals surface area contributed by atoms with Gasteiger partial charge in [-0.1, -0.05) is 0 Å². The highest BCUT2D eigenvalue weighted by molar-refractivity contribution is 5.76. The standard InChI is InChI=1S/C12H22N2O2/c13-12(15)10-4-6-14(7-5-10)9-11-3-1-2-8-16-11/h10-11H,1-9H2,(H2,13,15)/t11-/m1/s1. The largest absolute Gasteiger partial charge is 0.377 e. The Labute approximate surface area is 97.1 Å². The molecule has 0 bridgehead atoms. The van der Waals surface area contributed by atoms with Crippen LogP contribution < -0.4 is 5.73 Å². The van der Waals surface area contributed by atoms with Crippen molar-refractivity contribution >= 4 is 5.91 Å². The van der Waals surface area contributed by atoms with Crippen molar-refractivity contribution in [3.63, 3.8) is 0 Å². The number of likely N-dealkylation sites (tertiary alicyclic amines) is 1. The molecule has 16 heavy (non-hydrogen) atoms. The van der Waals surface area contributed by atoms with Gasteiger partial charge in [0.25, 0.3) is 0 Å². The molecule has 2 aliphatic heterocycles. The van der Waals surface area contributed by atoms with Crippen molar-refractivity contribution in [2.24, 2.45) is 11.7 Å². The number of carbonyl (C=O) groups excluding carboxylic acids is 1. The Morgan fingerprint density at radius 2 is 2.00 bits per heavy atom. The Kier molecular flexibility index (Phi) is 4.18. The average Bonchev–Trinajstić information content (AvgIpc) is 2.31. The second-order valence-electron chi connectivity index (χ2n) is 4.97. The third kappa shape index (κ3) is 3.19. The van der Waals surface area contributed by atoms with Gasteiger partial charge in [0.2, 0.25) is 5.91 Å². The van der Waals surface area contributed by atoms with Crippen LogP contribution in [0.3, 0.4) is 0 Å². The van der Waals surface area contributed by atoms with Gasteiger partial charge in [-0.3, -0.25) is 4.79 Å². The van der Waals surface area contributed by atoms with Crippen molar-refractivity contribution < 1.29 is 9.53 Å². The fraction of sp³-hybridized carbons (Fsp3) is 0.917. The van der Waals surface area contributed by atoms with E-state index in [1.54, 1.807) is 0 Å². The second kappa shape index (κ2) is 5.64. The zero-order valence-corrected chi connectivity index (χ0v) is 9.86. The van der Waals surface area contributed by atoms with E-state index in [-0.39, 0.29) is 11.8 Å². The topological polar surface area (TPSA) is 55.6 Å². The van der Waals surface area contributed by atoms with Crippen LogP contribution in [0.4, 0.5) is 0 Å². The first kappa shape index (κ1) is 11.9. The van der Waals surface area contributed by atoms with Crippen molar-refractivity contribution in [2.45, 2.75) is 38.2 Å². The summed E-state index contributed by atoms with van der Waals surface area (Å²) < 4.78 is 5.72. The highest BCUT2D eigenvalue weighted by Crippen LogP contribution is 2.19. The fourth-order valence-electron chi connectivity index (χ4n) is 2.64. The van der Waals surface area contributed by atoms with Crippen LogP contribution in [0.25, 0.3) is 0 Å². The van der Waals surface area contributed by atoms with Crippen LogP contribution in [0.5, 0.6) is 0 Å². The molecule has 1 atom stereocenters. The predicted molar refractivity (Wildman–Crippen MR) is 61.9 cm³/mol. The molecule has 1 amide bonds. The molecule has 92 valence electrons. The second-order valence-corrected chi connectivity index (χ2v) is 4.97. The van der Waals surface area contributed by atoms with Crippen LogP contribution in [0.2, 0.25) is 0 Å². The lowest BCUT2D eigenvalue weighted by Gasteiger charge is -2.34. The summed E-state index contributed by atoms with van der Waals surface area (Å²) in [4.78, 5) is 13.4. The normalized spacial score (nSPS) is 29.1. The van der Waals surface area contributed by atoms with Crippen LogP contribution >= 0.6 is 0 Å². The molecule has 0 radical (unpaired) electrons. The molecule has 0 spiro atoms. The first-order valence-electron chi connectivity index (χ1n) is 6.39. The Morgan fingerprint density at radius 3 is 2.56 bits per heavy atom. The molecule has 0 aromatic carbocycles. The van der Waals surface area contributed by atoms with E-state index >= 15 is 0 Å². The van der Waals surface area contributed by atoms with Gasteiger partial charge in [-0.25, -0.2) is 0 Å². The van der Waals surface area contributed by atoms with E-state index in [0.29, 0.717) is 6.10 Å². The van der Waals surface area contributed by atoms with Crippen molar-refractivity contribution in [1.29, 1.82) is 0 Å². The lowest BCUT2D eigenvalue weighted by molar-refractivity contribution is -0.123. The van der Waals surface area contributed by atoms with Crippen LogP contribution in [0.15, 0.2) is 0 Å². The first-order valence-corrected chi connectivity index (χ1v) is 6.39. The molecule has 0 unspecified atom stereocenters. The van der Waals surface area contributed by atoms with E-state index in [1.807, 2.05) is 0 Å². The number of piperidine rings is 1. The quantitative estimate of drug-likeness (QED) is 0.772. The van der Waals surface area contributed by atoms with Gasteiger partial charge in [-0.05, 0) is 45.2 Å². The monoisotopic (exact) mass is 226 g/mol. The first-order chi connectivity index (χ1) is 7.75.